The molecule has 3 rings (SSSR count). The highest BCUT2D eigenvalue weighted by Gasteiger charge is 2.27. The van der Waals surface area contributed by atoms with Crippen molar-refractivity contribution >= 4 is 50.5 Å². The number of rotatable bonds is 7. The third kappa shape index (κ3) is 5.27. The van der Waals surface area contributed by atoms with Crippen LogP contribution in [0.15, 0.2) is 34.5 Å². The maximum atomic E-state index is 12.7. The molecule has 1 saturated heterocycles. The fraction of sp³-hybridized carbons (Fsp3) is 0.421. The van der Waals surface area contributed by atoms with Gasteiger partial charge in [-0.2, -0.15) is 4.31 Å². The van der Waals surface area contributed by atoms with Crippen molar-refractivity contribution in [2.75, 3.05) is 19.6 Å². The van der Waals surface area contributed by atoms with Gasteiger partial charge in [0.2, 0.25) is 5.91 Å². The summed E-state index contributed by atoms with van der Waals surface area (Å²) in [6.45, 7) is 1.58. The van der Waals surface area contributed by atoms with Crippen molar-refractivity contribution < 1.29 is 13.2 Å². The molecule has 1 aromatic carbocycles. The summed E-state index contributed by atoms with van der Waals surface area (Å²) in [6.07, 6.45) is 3.60. The minimum atomic E-state index is -3.45. The van der Waals surface area contributed by atoms with Gasteiger partial charge in [-0.3, -0.25) is 4.79 Å². The molecule has 1 aliphatic rings. The molecule has 0 atom stereocenters. The van der Waals surface area contributed by atoms with E-state index in [-0.39, 0.29) is 12.3 Å². The lowest BCUT2D eigenvalue weighted by molar-refractivity contribution is -0.120. The van der Waals surface area contributed by atoms with E-state index < -0.39 is 10.0 Å². The first kappa shape index (κ1) is 21.6. The summed E-state index contributed by atoms with van der Waals surface area (Å²) in [7, 11) is -3.45. The van der Waals surface area contributed by atoms with Crippen molar-refractivity contribution in [3.63, 3.8) is 0 Å². The van der Waals surface area contributed by atoms with Crippen LogP contribution in [0.1, 0.15) is 29.7 Å². The summed E-state index contributed by atoms with van der Waals surface area (Å²) in [5.74, 6) is -0.151. The van der Waals surface area contributed by atoms with Gasteiger partial charge < -0.3 is 5.32 Å². The van der Waals surface area contributed by atoms with Gasteiger partial charge in [0, 0.05) is 24.5 Å². The highest BCUT2D eigenvalue weighted by Crippen LogP contribution is 2.28. The average molecular weight is 461 g/mol. The number of thiophene rings is 1. The maximum absolute atomic E-state index is 12.7. The molecule has 0 spiro atoms. The maximum Gasteiger partial charge on any atom is 0.252 e. The van der Waals surface area contributed by atoms with Crippen LogP contribution < -0.4 is 5.32 Å². The number of hydrogen-bond donors (Lipinski definition) is 1. The lowest BCUT2D eigenvalue weighted by Crippen LogP contribution is -2.35. The Hall–Kier alpha value is -1.12. The van der Waals surface area contributed by atoms with Crippen molar-refractivity contribution in [1.82, 2.24) is 9.62 Å². The predicted octanol–water partition coefficient (Wildman–Crippen LogP) is 4.13. The van der Waals surface area contributed by atoms with Crippen LogP contribution in [0.4, 0.5) is 0 Å². The van der Waals surface area contributed by atoms with Crippen LogP contribution in [-0.2, 0) is 27.7 Å². The number of halogens is 2. The quantitative estimate of drug-likeness (QED) is 0.674. The van der Waals surface area contributed by atoms with E-state index in [1.807, 2.05) is 12.1 Å². The van der Waals surface area contributed by atoms with Gasteiger partial charge in [-0.25, -0.2) is 8.42 Å². The molecule has 1 fully saturated rings. The Morgan fingerprint density at radius 1 is 1.11 bits per heavy atom. The number of piperidine rings is 1. The molecule has 152 valence electrons. The number of benzene rings is 1. The Labute approximate surface area is 179 Å². The molecule has 1 aromatic heterocycles. The number of hydrogen-bond acceptors (Lipinski definition) is 4. The lowest BCUT2D eigenvalue weighted by atomic mass is 10.1. The molecule has 1 N–H and O–H groups in total. The third-order valence-electron chi connectivity index (χ3n) is 4.63. The van der Waals surface area contributed by atoms with Gasteiger partial charge in [0.15, 0.2) is 0 Å². The van der Waals surface area contributed by atoms with Crippen LogP contribution >= 0.6 is 34.5 Å². The van der Waals surface area contributed by atoms with Crippen LogP contribution in [0.3, 0.4) is 0 Å². The minimum Gasteiger partial charge on any atom is -0.355 e. The van der Waals surface area contributed by atoms with Gasteiger partial charge in [0.1, 0.15) is 4.21 Å². The molecule has 2 heterocycles. The zero-order chi connectivity index (χ0) is 20.1. The van der Waals surface area contributed by atoms with E-state index in [2.05, 4.69) is 5.32 Å². The Morgan fingerprint density at radius 2 is 1.86 bits per heavy atom. The molecule has 28 heavy (non-hydrogen) atoms. The zero-order valence-electron chi connectivity index (χ0n) is 15.3. The topological polar surface area (TPSA) is 66.5 Å². The number of sulfonamides is 1. The first-order valence-corrected chi connectivity index (χ1v) is 12.2. The second kappa shape index (κ2) is 9.59. The molecule has 0 radical (unpaired) electrons. The van der Waals surface area contributed by atoms with Crippen LogP contribution in [0.2, 0.25) is 10.0 Å². The molecule has 0 aliphatic carbocycles. The zero-order valence-corrected chi connectivity index (χ0v) is 18.4. The summed E-state index contributed by atoms with van der Waals surface area (Å²) in [5, 5.41) is 3.84. The van der Waals surface area contributed by atoms with Gasteiger partial charge >= 0.3 is 0 Å². The van der Waals surface area contributed by atoms with E-state index in [1.165, 1.54) is 11.3 Å². The second-order valence-corrected chi connectivity index (χ2v) is 10.8. The van der Waals surface area contributed by atoms with Crippen molar-refractivity contribution in [2.45, 2.75) is 36.3 Å². The molecule has 0 saturated carbocycles. The van der Waals surface area contributed by atoms with Crippen molar-refractivity contribution in [2.24, 2.45) is 0 Å². The van der Waals surface area contributed by atoms with Gasteiger partial charge in [-0.05, 0) is 43.0 Å². The Kier molecular flexibility index (Phi) is 7.39. The Balaban J connectivity index is 1.53. The number of carbonyl (C=O) groups is 1. The van der Waals surface area contributed by atoms with Crippen molar-refractivity contribution in [3.05, 3.63) is 50.8 Å². The van der Waals surface area contributed by atoms with E-state index in [9.17, 15) is 13.2 Å². The van der Waals surface area contributed by atoms with E-state index in [4.69, 9.17) is 23.2 Å². The smallest absolute Gasteiger partial charge is 0.252 e. The number of amides is 1. The van der Waals surface area contributed by atoms with Crippen molar-refractivity contribution in [3.8, 4) is 0 Å². The Morgan fingerprint density at radius 3 is 2.61 bits per heavy atom. The number of nitrogens with zero attached hydrogens (tertiary/aromatic N) is 1. The first-order valence-electron chi connectivity index (χ1n) is 9.16. The van der Waals surface area contributed by atoms with Gasteiger partial charge in [0.05, 0.1) is 16.5 Å². The van der Waals surface area contributed by atoms with E-state index in [0.29, 0.717) is 40.3 Å². The van der Waals surface area contributed by atoms with Gasteiger partial charge in [-0.1, -0.05) is 41.8 Å². The molecule has 0 bridgehead atoms. The molecule has 0 unspecified atom stereocenters. The fourth-order valence-corrected chi connectivity index (χ4v) is 6.56. The van der Waals surface area contributed by atoms with Crippen molar-refractivity contribution in [1.29, 1.82) is 0 Å². The van der Waals surface area contributed by atoms with Gasteiger partial charge in [0.25, 0.3) is 10.0 Å². The van der Waals surface area contributed by atoms with Gasteiger partial charge in [-0.15, -0.1) is 11.3 Å². The lowest BCUT2D eigenvalue weighted by Gasteiger charge is -2.25. The first-order chi connectivity index (χ1) is 13.4. The third-order valence-corrected chi connectivity index (χ3v) is 8.94. The second-order valence-electron chi connectivity index (χ2n) is 6.68. The normalized spacial score (nSPS) is 15.5. The summed E-state index contributed by atoms with van der Waals surface area (Å²) in [4.78, 5) is 12.9. The van der Waals surface area contributed by atoms with Crippen LogP contribution in [0.25, 0.3) is 0 Å². The summed E-state index contributed by atoms with van der Waals surface area (Å²) in [6, 6.07) is 8.73. The molecule has 9 heteroatoms. The van der Waals surface area contributed by atoms with Crippen LogP contribution in [0, 0.1) is 0 Å². The largest absolute Gasteiger partial charge is 0.355 e. The van der Waals surface area contributed by atoms with Crippen LogP contribution in [0.5, 0.6) is 0 Å². The summed E-state index contributed by atoms with van der Waals surface area (Å²) >= 11 is 13.3. The molecular weight excluding hydrogens is 439 g/mol. The monoisotopic (exact) mass is 460 g/mol. The van der Waals surface area contributed by atoms with E-state index in [0.717, 1.165) is 29.7 Å². The minimum absolute atomic E-state index is 0.151. The van der Waals surface area contributed by atoms with E-state index in [1.54, 1.807) is 22.5 Å². The molecule has 1 aliphatic heterocycles. The SMILES string of the molecule is O=C(Cc1ccc(S(=O)(=O)N2CCCCC2)s1)NCCc1cccc(Cl)c1Cl. The number of nitrogens with one attached hydrogen (secondary N) is 1. The number of carbonyl (C=O) groups excluding carboxylic acids is 1. The standard InChI is InChI=1S/C19H22Cl2N2O3S2/c20-16-6-4-5-14(19(16)21)9-10-22-17(24)13-15-7-8-18(27-15)28(25,26)23-11-2-1-3-12-23/h4-8H,1-3,9-13H2,(H,22,24). The van der Waals surface area contributed by atoms with Crippen LogP contribution in [-0.4, -0.2) is 38.3 Å². The Bertz CT molecular complexity index is 938. The molecule has 1 amide bonds. The molecular formula is C19H22Cl2N2O3S2. The van der Waals surface area contributed by atoms with E-state index >= 15 is 0 Å². The highest BCUT2D eigenvalue weighted by molar-refractivity contribution is 7.91. The molecule has 2 aromatic rings. The predicted molar refractivity (Wildman–Crippen MR) is 114 cm³/mol. The summed E-state index contributed by atoms with van der Waals surface area (Å²) < 4.78 is 27.2. The summed E-state index contributed by atoms with van der Waals surface area (Å²) in [5.41, 5.74) is 0.875. The highest BCUT2D eigenvalue weighted by atomic mass is 35.5. The fourth-order valence-electron chi connectivity index (χ4n) is 3.12. The molecule has 5 nitrogen and oxygen atoms in total. The average Bonchev–Trinajstić information content (AvgIpc) is 3.15.